The van der Waals surface area contributed by atoms with E-state index in [0.717, 1.165) is 12.1 Å². The molecule has 0 radical (unpaired) electrons. The number of aromatic nitrogens is 2. The van der Waals surface area contributed by atoms with Crippen molar-refractivity contribution in [3.05, 3.63) is 17.5 Å². The van der Waals surface area contributed by atoms with Crippen molar-refractivity contribution in [3.63, 3.8) is 0 Å². The Kier molecular flexibility index (Phi) is 4.39. The van der Waals surface area contributed by atoms with Crippen LogP contribution in [-0.4, -0.2) is 53.1 Å². The number of carbonyl (C=O) groups excluding carboxylic acids is 1. The van der Waals surface area contributed by atoms with Gasteiger partial charge >= 0.3 is 0 Å². The lowest BCUT2D eigenvalue weighted by molar-refractivity contribution is 0.0551. The third-order valence-corrected chi connectivity index (χ3v) is 5.83. The number of aryl methyl sites for hydroxylation is 2. The summed E-state index contributed by atoms with van der Waals surface area (Å²) in [5.41, 5.74) is 1.09. The average molecular weight is 327 g/mol. The maximum atomic E-state index is 12.9. The van der Waals surface area contributed by atoms with E-state index in [9.17, 15) is 13.2 Å². The van der Waals surface area contributed by atoms with Gasteiger partial charge in [0.2, 0.25) is 0 Å². The van der Waals surface area contributed by atoms with Crippen molar-refractivity contribution in [3.8, 4) is 0 Å². The second kappa shape index (κ2) is 5.68. The molecule has 1 atom stereocenters. The number of hydrogen-bond acceptors (Lipinski definition) is 4. The molecule has 1 aliphatic rings. The van der Waals surface area contributed by atoms with Gasteiger partial charge in [0, 0.05) is 13.6 Å². The van der Waals surface area contributed by atoms with E-state index in [1.54, 1.807) is 22.7 Å². The molecule has 0 aromatic carbocycles. The van der Waals surface area contributed by atoms with E-state index >= 15 is 0 Å². The summed E-state index contributed by atoms with van der Waals surface area (Å²) < 4.78 is 25.5. The van der Waals surface area contributed by atoms with Crippen LogP contribution in [-0.2, 0) is 23.3 Å². The van der Waals surface area contributed by atoms with Gasteiger partial charge in [-0.25, -0.2) is 8.42 Å². The summed E-state index contributed by atoms with van der Waals surface area (Å²) >= 11 is 0. The third-order valence-electron chi connectivity index (χ3n) is 4.20. The van der Waals surface area contributed by atoms with Gasteiger partial charge in [-0.15, -0.1) is 0 Å². The molecule has 1 saturated heterocycles. The summed E-state index contributed by atoms with van der Waals surface area (Å²) in [6, 6.07) is 1.48. The molecule has 1 amide bonds. The van der Waals surface area contributed by atoms with E-state index in [1.165, 1.54) is 0 Å². The predicted molar refractivity (Wildman–Crippen MR) is 85.5 cm³/mol. The predicted octanol–water partition coefficient (Wildman–Crippen LogP) is 1.27. The number of amides is 1. The lowest BCUT2D eigenvalue weighted by Crippen LogP contribution is -2.56. The summed E-state index contributed by atoms with van der Waals surface area (Å²) in [5, 5.41) is 4.31. The first-order valence-electron chi connectivity index (χ1n) is 7.59. The minimum Gasteiger partial charge on any atom is -0.332 e. The zero-order valence-corrected chi connectivity index (χ0v) is 14.8. The summed E-state index contributed by atoms with van der Waals surface area (Å²) in [4.78, 5) is 14.6. The number of nitrogens with zero attached hydrogens (tertiary/aromatic N) is 3. The molecule has 0 N–H and O–H groups in total. The van der Waals surface area contributed by atoms with E-state index in [2.05, 4.69) is 5.10 Å². The highest BCUT2D eigenvalue weighted by molar-refractivity contribution is 7.91. The fraction of sp³-hybridized carbons (Fsp3) is 0.733. The quantitative estimate of drug-likeness (QED) is 0.820. The zero-order chi connectivity index (χ0) is 16.7. The average Bonchev–Trinajstić information content (AvgIpc) is 2.77. The van der Waals surface area contributed by atoms with Crippen LogP contribution < -0.4 is 0 Å². The minimum absolute atomic E-state index is 0.0285. The fourth-order valence-corrected chi connectivity index (χ4v) is 4.62. The molecule has 1 unspecified atom stereocenters. The molecule has 124 valence electrons. The number of carbonyl (C=O) groups is 1. The van der Waals surface area contributed by atoms with E-state index in [1.807, 2.05) is 27.7 Å². The molecule has 0 bridgehead atoms. The molecule has 1 aromatic heterocycles. The van der Waals surface area contributed by atoms with Crippen LogP contribution in [0.15, 0.2) is 6.07 Å². The molecule has 2 heterocycles. The van der Waals surface area contributed by atoms with Crippen LogP contribution in [0.3, 0.4) is 0 Å². The van der Waals surface area contributed by atoms with Crippen LogP contribution in [0.25, 0.3) is 0 Å². The topological polar surface area (TPSA) is 72.3 Å². The Balaban J connectivity index is 2.36. The van der Waals surface area contributed by atoms with Crippen molar-refractivity contribution < 1.29 is 13.2 Å². The van der Waals surface area contributed by atoms with Gasteiger partial charge in [0.25, 0.3) is 5.91 Å². The summed E-state index contributed by atoms with van der Waals surface area (Å²) in [6.07, 6.45) is 0.762. The molecule has 0 saturated carbocycles. The fourth-order valence-electron chi connectivity index (χ4n) is 2.81. The molecule has 1 fully saturated rings. The standard InChI is InChI=1S/C15H25N3O3S/c1-6-11-9-12(17(5)16-11)14(19)18-7-8-22(20,21)10-13(18)15(2,3)4/h9,13H,6-8,10H2,1-5H3. The van der Waals surface area contributed by atoms with Crippen molar-refractivity contribution in [2.75, 3.05) is 18.1 Å². The maximum absolute atomic E-state index is 12.9. The summed E-state index contributed by atoms with van der Waals surface area (Å²) in [7, 11) is -1.34. The molecule has 7 heteroatoms. The number of hydrogen-bond donors (Lipinski definition) is 0. The van der Waals surface area contributed by atoms with Gasteiger partial charge in [0.15, 0.2) is 9.84 Å². The van der Waals surface area contributed by atoms with Crippen LogP contribution in [0, 0.1) is 5.41 Å². The summed E-state index contributed by atoms with van der Waals surface area (Å²) in [5.74, 6) is -0.0746. The van der Waals surface area contributed by atoms with Crippen LogP contribution in [0.1, 0.15) is 43.9 Å². The highest BCUT2D eigenvalue weighted by Gasteiger charge is 2.41. The zero-order valence-electron chi connectivity index (χ0n) is 14.0. The third kappa shape index (κ3) is 3.34. The van der Waals surface area contributed by atoms with Crippen LogP contribution >= 0.6 is 0 Å². The molecular formula is C15H25N3O3S. The molecule has 2 rings (SSSR count). The second-order valence-corrected chi connectivity index (χ2v) is 9.22. The van der Waals surface area contributed by atoms with Crippen LogP contribution in [0.4, 0.5) is 0 Å². The van der Waals surface area contributed by atoms with Crippen LogP contribution in [0.2, 0.25) is 0 Å². The number of rotatable bonds is 2. The Labute approximate surface area is 132 Å². The Morgan fingerprint density at radius 3 is 2.55 bits per heavy atom. The highest BCUT2D eigenvalue weighted by atomic mass is 32.2. The molecular weight excluding hydrogens is 302 g/mol. The second-order valence-electron chi connectivity index (χ2n) is 6.99. The first-order chi connectivity index (χ1) is 10.0. The first-order valence-corrected chi connectivity index (χ1v) is 9.41. The normalized spacial score (nSPS) is 21.9. The van der Waals surface area contributed by atoms with Crippen molar-refractivity contribution in [2.24, 2.45) is 12.5 Å². The minimum atomic E-state index is -3.09. The van der Waals surface area contributed by atoms with Gasteiger partial charge in [-0.3, -0.25) is 9.48 Å². The van der Waals surface area contributed by atoms with E-state index < -0.39 is 9.84 Å². The Morgan fingerprint density at radius 1 is 1.41 bits per heavy atom. The highest BCUT2D eigenvalue weighted by Crippen LogP contribution is 2.30. The lowest BCUT2D eigenvalue weighted by Gasteiger charge is -2.42. The van der Waals surface area contributed by atoms with Gasteiger partial charge in [-0.05, 0) is 17.9 Å². The molecule has 22 heavy (non-hydrogen) atoms. The van der Waals surface area contributed by atoms with Gasteiger partial charge < -0.3 is 4.90 Å². The Hall–Kier alpha value is -1.37. The Morgan fingerprint density at radius 2 is 2.05 bits per heavy atom. The Bertz CT molecular complexity index is 671. The molecule has 0 aliphatic carbocycles. The number of sulfone groups is 1. The van der Waals surface area contributed by atoms with Crippen molar-refractivity contribution in [1.29, 1.82) is 0 Å². The van der Waals surface area contributed by atoms with Gasteiger partial charge in [-0.1, -0.05) is 27.7 Å². The summed E-state index contributed by atoms with van der Waals surface area (Å²) in [6.45, 7) is 8.15. The SMILES string of the molecule is CCc1cc(C(=O)N2CCS(=O)(=O)CC2C(C)(C)C)n(C)n1. The molecule has 1 aromatic rings. The van der Waals surface area contributed by atoms with Gasteiger partial charge in [0.1, 0.15) is 5.69 Å². The van der Waals surface area contributed by atoms with Crippen molar-refractivity contribution in [1.82, 2.24) is 14.7 Å². The largest absolute Gasteiger partial charge is 0.332 e. The van der Waals surface area contributed by atoms with Crippen molar-refractivity contribution in [2.45, 2.75) is 40.2 Å². The first kappa shape index (κ1) is 17.0. The molecule has 1 aliphatic heterocycles. The van der Waals surface area contributed by atoms with Crippen molar-refractivity contribution >= 4 is 15.7 Å². The molecule has 0 spiro atoms. The van der Waals surface area contributed by atoms with E-state index in [4.69, 9.17) is 0 Å². The smallest absolute Gasteiger partial charge is 0.272 e. The maximum Gasteiger partial charge on any atom is 0.272 e. The van der Waals surface area contributed by atoms with E-state index in [0.29, 0.717) is 5.69 Å². The van der Waals surface area contributed by atoms with E-state index in [-0.39, 0.29) is 35.4 Å². The monoisotopic (exact) mass is 327 g/mol. The lowest BCUT2D eigenvalue weighted by atomic mass is 9.86. The van der Waals surface area contributed by atoms with Gasteiger partial charge in [0.05, 0.1) is 23.2 Å². The van der Waals surface area contributed by atoms with Gasteiger partial charge in [-0.2, -0.15) is 5.10 Å². The van der Waals surface area contributed by atoms with Crippen LogP contribution in [0.5, 0.6) is 0 Å². The molecule has 6 nitrogen and oxygen atoms in total.